The number of halogens is 2. The molecule has 1 aromatic rings. The van der Waals surface area contributed by atoms with E-state index in [-0.39, 0.29) is 11.8 Å². The van der Waals surface area contributed by atoms with E-state index in [0.29, 0.717) is 12.6 Å². The molecule has 0 unspecified atom stereocenters. The fourth-order valence-electron chi connectivity index (χ4n) is 1.62. The second-order valence-corrected chi connectivity index (χ2v) is 4.95. The summed E-state index contributed by atoms with van der Waals surface area (Å²) in [6, 6.07) is 4.23. The van der Waals surface area contributed by atoms with Crippen LogP contribution in [0.5, 0.6) is 0 Å². The van der Waals surface area contributed by atoms with E-state index in [1.807, 2.05) is 17.0 Å². The Morgan fingerprint density at radius 2 is 2.38 bits per heavy atom. The maximum atomic E-state index is 11.6. The topological polar surface area (TPSA) is 33.2 Å². The van der Waals surface area contributed by atoms with Crippen molar-refractivity contribution < 1.29 is 4.79 Å². The molecule has 0 spiro atoms. The summed E-state index contributed by atoms with van der Waals surface area (Å²) in [5, 5.41) is 0. The maximum absolute atomic E-state index is 11.6. The van der Waals surface area contributed by atoms with Gasteiger partial charge in [0.2, 0.25) is 5.91 Å². The minimum Gasteiger partial charge on any atom is -0.334 e. The molecule has 5 heteroatoms. The molecule has 1 heterocycles. The van der Waals surface area contributed by atoms with Gasteiger partial charge in [-0.3, -0.25) is 4.79 Å². The van der Waals surface area contributed by atoms with Crippen LogP contribution < -0.4 is 0 Å². The Morgan fingerprint density at radius 3 is 2.94 bits per heavy atom. The lowest BCUT2D eigenvalue weighted by Crippen LogP contribution is -2.33. The number of rotatable bonds is 4. The molecule has 2 rings (SSSR count). The second kappa shape index (κ2) is 5.15. The molecule has 0 aromatic carbocycles. The van der Waals surface area contributed by atoms with Gasteiger partial charge in [0.15, 0.2) is 0 Å². The van der Waals surface area contributed by atoms with Gasteiger partial charge in [0.05, 0.1) is 0 Å². The Hall–Kier alpha value is -0.610. The molecule has 1 amide bonds. The molecular weight excluding hydrogens is 291 g/mol. The molecule has 3 nitrogen and oxygen atoms in total. The monoisotopic (exact) mass is 302 g/mol. The molecule has 0 radical (unpaired) electrons. The van der Waals surface area contributed by atoms with Crippen LogP contribution in [0.4, 0.5) is 0 Å². The van der Waals surface area contributed by atoms with Gasteiger partial charge in [-0.15, -0.1) is 11.6 Å². The Labute approximate surface area is 108 Å². The Bertz CT molecular complexity index is 395. The molecule has 1 saturated carbocycles. The number of pyridine rings is 1. The molecule has 86 valence electrons. The molecule has 0 saturated heterocycles. The minimum atomic E-state index is 0.0112. The first-order valence-electron chi connectivity index (χ1n) is 5.16. The molecule has 0 aliphatic heterocycles. The van der Waals surface area contributed by atoms with Gasteiger partial charge in [-0.2, -0.15) is 0 Å². The van der Waals surface area contributed by atoms with Crippen LogP contribution in [0.1, 0.15) is 18.4 Å². The van der Waals surface area contributed by atoms with Crippen molar-refractivity contribution in [1.29, 1.82) is 0 Å². The number of hydrogen-bond acceptors (Lipinski definition) is 2. The summed E-state index contributed by atoms with van der Waals surface area (Å²) in [6.07, 6.45) is 3.92. The lowest BCUT2D eigenvalue weighted by Gasteiger charge is -2.21. The van der Waals surface area contributed by atoms with E-state index in [1.165, 1.54) is 0 Å². The third kappa shape index (κ3) is 2.95. The van der Waals surface area contributed by atoms with Crippen LogP contribution in [-0.2, 0) is 11.3 Å². The van der Waals surface area contributed by atoms with Crippen LogP contribution in [0.25, 0.3) is 0 Å². The number of hydrogen-bond donors (Lipinski definition) is 0. The molecule has 1 aromatic heterocycles. The number of alkyl halides is 1. The lowest BCUT2D eigenvalue weighted by molar-refractivity contribution is -0.129. The molecular formula is C11H12BrClN2O. The number of carbonyl (C=O) groups is 1. The molecule has 0 bridgehead atoms. The predicted molar refractivity (Wildman–Crippen MR) is 66.2 cm³/mol. The summed E-state index contributed by atoms with van der Waals surface area (Å²) < 4.78 is 0.791. The molecule has 1 fully saturated rings. The van der Waals surface area contributed by atoms with E-state index < -0.39 is 0 Å². The molecule has 1 aliphatic rings. The van der Waals surface area contributed by atoms with Gasteiger partial charge in [0, 0.05) is 18.8 Å². The van der Waals surface area contributed by atoms with Crippen LogP contribution in [0.2, 0.25) is 0 Å². The van der Waals surface area contributed by atoms with E-state index >= 15 is 0 Å². The van der Waals surface area contributed by atoms with Gasteiger partial charge in [0.25, 0.3) is 0 Å². The van der Waals surface area contributed by atoms with Gasteiger partial charge >= 0.3 is 0 Å². The smallest absolute Gasteiger partial charge is 0.238 e. The normalized spacial score (nSPS) is 14.9. The molecule has 1 aliphatic carbocycles. The zero-order valence-corrected chi connectivity index (χ0v) is 11.0. The standard InChI is InChI=1S/C11H12BrClN2O/c12-10-5-8(3-4-14-10)7-15(9-1-2-9)11(16)6-13/h3-5,9H,1-2,6-7H2. The van der Waals surface area contributed by atoms with Crippen molar-refractivity contribution in [3.05, 3.63) is 28.5 Å². The van der Waals surface area contributed by atoms with E-state index in [2.05, 4.69) is 20.9 Å². The first-order chi connectivity index (χ1) is 7.70. The van der Waals surface area contributed by atoms with Crippen LogP contribution >= 0.6 is 27.5 Å². The van der Waals surface area contributed by atoms with Crippen LogP contribution in [0, 0.1) is 0 Å². The van der Waals surface area contributed by atoms with Crippen molar-refractivity contribution in [2.24, 2.45) is 0 Å². The van der Waals surface area contributed by atoms with Gasteiger partial charge in [-0.25, -0.2) is 4.98 Å². The molecule has 0 N–H and O–H groups in total. The quantitative estimate of drug-likeness (QED) is 0.633. The van der Waals surface area contributed by atoms with Crippen LogP contribution in [0.15, 0.2) is 22.9 Å². The third-order valence-corrected chi connectivity index (χ3v) is 3.23. The van der Waals surface area contributed by atoms with Crippen LogP contribution in [0.3, 0.4) is 0 Å². The van der Waals surface area contributed by atoms with Crippen molar-refractivity contribution in [3.63, 3.8) is 0 Å². The Balaban J connectivity index is 2.08. The Morgan fingerprint density at radius 1 is 1.62 bits per heavy atom. The van der Waals surface area contributed by atoms with E-state index in [9.17, 15) is 4.79 Å². The first-order valence-corrected chi connectivity index (χ1v) is 6.49. The van der Waals surface area contributed by atoms with Crippen molar-refractivity contribution in [1.82, 2.24) is 9.88 Å². The summed E-state index contributed by atoms with van der Waals surface area (Å²) in [5.74, 6) is 0.0695. The maximum Gasteiger partial charge on any atom is 0.238 e. The van der Waals surface area contributed by atoms with E-state index in [1.54, 1.807) is 6.20 Å². The van der Waals surface area contributed by atoms with Crippen molar-refractivity contribution >= 4 is 33.4 Å². The fourth-order valence-corrected chi connectivity index (χ4v) is 2.19. The third-order valence-electron chi connectivity index (χ3n) is 2.57. The zero-order chi connectivity index (χ0) is 11.5. The minimum absolute atomic E-state index is 0.0112. The number of nitrogens with zero attached hydrogens (tertiary/aromatic N) is 2. The lowest BCUT2D eigenvalue weighted by atomic mass is 10.2. The number of aromatic nitrogens is 1. The highest BCUT2D eigenvalue weighted by atomic mass is 79.9. The second-order valence-electron chi connectivity index (χ2n) is 3.87. The average molecular weight is 304 g/mol. The summed E-state index contributed by atoms with van der Waals surface area (Å²) in [7, 11) is 0. The number of carbonyl (C=O) groups excluding carboxylic acids is 1. The van der Waals surface area contributed by atoms with E-state index in [4.69, 9.17) is 11.6 Å². The van der Waals surface area contributed by atoms with Crippen molar-refractivity contribution in [2.75, 3.05) is 5.88 Å². The largest absolute Gasteiger partial charge is 0.334 e. The summed E-state index contributed by atoms with van der Waals surface area (Å²) in [4.78, 5) is 17.6. The van der Waals surface area contributed by atoms with E-state index in [0.717, 1.165) is 23.0 Å². The average Bonchev–Trinajstić information content (AvgIpc) is 3.09. The summed E-state index contributed by atoms with van der Waals surface area (Å²) >= 11 is 8.92. The highest BCUT2D eigenvalue weighted by Gasteiger charge is 2.31. The molecule has 0 atom stereocenters. The SMILES string of the molecule is O=C(CCl)N(Cc1ccnc(Br)c1)C1CC1. The van der Waals surface area contributed by atoms with Crippen molar-refractivity contribution in [3.8, 4) is 0 Å². The molecule has 16 heavy (non-hydrogen) atoms. The zero-order valence-electron chi connectivity index (χ0n) is 8.70. The highest BCUT2D eigenvalue weighted by Crippen LogP contribution is 2.28. The highest BCUT2D eigenvalue weighted by molar-refractivity contribution is 9.10. The van der Waals surface area contributed by atoms with Gasteiger partial charge in [0.1, 0.15) is 10.5 Å². The predicted octanol–water partition coefficient (Wildman–Crippen LogP) is 2.57. The first kappa shape index (κ1) is 11.9. The number of amides is 1. The van der Waals surface area contributed by atoms with Gasteiger partial charge in [-0.1, -0.05) is 0 Å². The van der Waals surface area contributed by atoms with Crippen LogP contribution in [-0.4, -0.2) is 27.7 Å². The van der Waals surface area contributed by atoms with Gasteiger partial charge < -0.3 is 4.90 Å². The summed E-state index contributed by atoms with van der Waals surface area (Å²) in [5.41, 5.74) is 1.08. The van der Waals surface area contributed by atoms with Crippen molar-refractivity contribution in [2.45, 2.75) is 25.4 Å². The van der Waals surface area contributed by atoms with Gasteiger partial charge in [-0.05, 0) is 46.5 Å². The Kier molecular flexibility index (Phi) is 3.82. The summed E-state index contributed by atoms with van der Waals surface area (Å²) in [6.45, 7) is 0.622. The fraction of sp³-hybridized carbons (Fsp3) is 0.455.